The van der Waals surface area contributed by atoms with Gasteiger partial charge in [-0.1, -0.05) is 6.92 Å². The summed E-state index contributed by atoms with van der Waals surface area (Å²) in [7, 11) is 0. The van der Waals surface area contributed by atoms with Gasteiger partial charge in [0.05, 0.1) is 5.69 Å². The first kappa shape index (κ1) is 14.7. The lowest BCUT2D eigenvalue weighted by Crippen LogP contribution is -2.39. The van der Waals surface area contributed by atoms with Crippen molar-refractivity contribution in [3.05, 3.63) is 11.1 Å². The minimum absolute atomic E-state index is 0.0476. The van der Waals surface area contributed by atoms with Gasteiger partial charge >= 0.3 is 6.15 Å². The number of nitrogens with zero attached hydrogens (tertiary/aromatic N) is 2. The molecule has 1 aromatic heterocycles. The van der Waals surface area contributed by atoms with Gasteiger partial charge in [-0.3, -0.25) is 0 Å². The molecule has 2 rings (SSSR count). The molecule has 0 spiro atoms. The molecule has 2 heterocycles. The summed E-state index contributed by atoms with van der Waals surface area (Å²) >= 11 is 1.55. The van der Waals surface area contributed by atoms with Crippen LogP contribution in [-0.4, -0.2) is 30.1 Å². The second kappa shape index (κ2) is 6.56. The van der Waals surface area contributed by atoms with Crippen LogP contribution in [0.4, 0.5) is 13.9 Å². The molecule has 100 valence electrons. The molecular formula is C11H14F2N2O2S. The molecule has 0 N–H and O–H groups in total. The highest BCUT2D eigenvalue weighted by molar-refractivity contribution is 7.13. The third-order valence-electron chi connectivity index (χ3n) is 2.67. The van der Waals surface area contributed by atoms with Crippen molar-refractivity contribution in [3.8, 4) is 0 Å². The van der Waals surface area contributed by atoms with Gasteiger partial charge < -0.3 is 4.90 Å². The van der Waals surface area contributed by atoms with E-state index in [0.717, 1.165) is 17.2 Å². The van der Waals surface area contributed by atoms with E-state index in [9.17, 15) is 8.78 Å². The molecule has 1 aliphatic heterocycles. The molecule has 7 heteroatoms. The summed E-state index contributed by atoms with van der Waals surface area (Å²) < 4.78 is 25.8. The number of halogens is 2. The van der Waals surface area contributed by atoms with E-state index in [-0.39, 0.29) is 19.0 Å². The standard InChI is InChI=1S/C10H14F2N2S.CO2/c1-2-8-7-15-9(13-8)14-5-3-10(11,12)4-6-14;2-1-3/h7H,2-6H2,1H3;. The fourth-order valence-electron chi connectivity index (χ4n) is 1.63. The summed E-state index contributed by atoms with van der Waals surface area (Å²) in [4.78, 5) is 22.6. The molecule has 4 nitrogen and oxygen atoms in total. The molecule has 0 saturated carbocycles. The van der Waals surface area contributed by atoms with Gasteiger partial charge in [-0.05, 0) is 6.42 Å². The fourth-order valence-corrected chi connectivity index (χ4v) is 2.59. The molecule has 0 atom stereocenters. The van der Waals surface area contributed by atoms with Gasteiger partial charge in [-0.2, -0.15) is 9.59 Å². The van der Waals surface area contributed by atoms with Crippen molar-refractivity contribution in [2.45, 2.75) is 32.1 Å². The van der Waals surface area contributed by atoms with E-state index < -0.39 is 5.92 Å². The van der Waals surface area contributed by atoms with Gasteiger partial charge in [0.1, 0.15) is 0 Å². The van der Waals surface area contributed by atoms with Crippen LogP contribution in [0.25, 0.3) is 0 Å². The molecule has 0 bridgehead atoms. The van der Waals surface area contributed by atoms with Crippen LogP contribution in [0.3, 0.4) is 0 Å². The summed E-state index contributed by atoms with van der Waals surface area (Å²) in [5, 5.41) is 2.89. The number of piperidine rings is 1. The lowest BCUT2D eigenvalue weighted by molar-refractivity contribution is -0.191. The summed E-state index contributed by atoms with van der Waals surface area (Å²) in [6.45, 7) is 2.89. The van der Waals surface area contributed by atoms with E-state index in [1.807, 2.05) is 17.2 Å². The van der Waals surface area contributed by atoms with Gasteiger partial charge in [0, 0.05) is 31.3 Å². The average molecular weight is 276 g/mol. The van der Waals surface area contributed by atoms with Crippen LogP contribution in [-0.2, 0) is 16.0 Å². The Morgan fingerprint density at radius 2 is 2.00 bits per heavy atom. The van der Waals surface area contributed by atoms with E-state index in [1.165, 1.54) is 0 Å². The third kappa shape index (κ3) is 4.16. The van der Waals surface area contributed by atoms with Crippen LogP contribution in [0.5, 0.6) is 0 Å². The maximum absolute atomic E-state index is 12.9. The number of thiazole rings is 1. The zero-order valence-corrected chi connectivity index (χ0v) is 10.8. The van der Waals surface area contributed by atoms with Crippen molar-refractivity contribution in [1.82, 2.24) is 4.98 Å². The number of hydrogen-bond donors (Lipinski definition) is 0. The second-order valence-electron chi connectivity index (χ2n) is 3.90. The van der Waals surface area contributed by atoms with Crippen LogP contribution < -0.4 is 4.90 Å². The van der Waals surface area contributed by atoms with Crippen LogP contribution in [0.15, 0.2) is 5.38 Å². The Kier molecular flexibility index (Phi) is 5.37. The predicted octanol–water partition coefficient (Wildman–Crippen LogP) is 2.36. The van der Waals surface area contributed by atoms with Crippen molar-refractivity contribution in [2.24, 2.45) is 0 Å². The number of aryl methyl sites for hydroxylation is 1. The number of aromatic nitrogens is 1. The quantitative estimate of drug-likeness (QED) is 0.832. The summed E-state index contributed by atoms with van der Waals surface area (Å²) in [5.41, 5.74) is 1.05. The van der Waals surface area contributed by atoms with Gasteiger partial charge in [0.2, 0.25) is 0 Å². The SMILES string of the molecule is CCc1csc(N2CCC(F)(F)CC2)n1.O=C=O. The average Bonchev–Trinajstić information content (AvgIpc) is 2.78. The molecule has 0 aliphatic carbocycles. The van der Waals surface area contributed by atoms with E-state index in [2.05, 4.69) is 4.98 Å². The molecule has 18 heavy (non-hydrogen) atoms. The number of carbonyl (C=O) groups excluding carboxylic acids is 2. The van der Waals surface area contributed by atoms with E-state index in [1.54, 1.807) is 11.3 Å². The van der Waals surface area contributed by atoms with Crippen LogP contribution in [0, 0.1) is 0 Å². The molecule has 1 aromatic rings. The topological polar surface area (TPSA) is 50.3 Å². The number of hydrogen-bond acceptors (Lipinski definition) is 5. The first-order valence-corrected chi connectivity index (χ1v) is 6.47. The first-order chi connectivity index (χ1) is 8.52. The van der Waals surface area contributed by atoms with Crippen LogP contribution in [0.1, 0.15) is 25.5 Å². The summed E-state index contributed by atoms with van der Waals surface area (Å²) in [6, 6.07) is 0. The molecule has 0 aromatic carbocycles. The molecule has 0 amide bonds. The van der Waals surface area contributed by atoms with Crippen LogP contribution in [0.2, 0.25) is 0 Å². The zero-order valence-electron chi connectivity index (χ0n) is 9.99. The smallest absolute Gasteiger partial charge is 0.348 e. The molecule has 1 saturated heterocycles. The normalized spacial score (nSPS) is 17.6. The minimum atomic E-state index is -2.47. The Morgan fingerprint density at radius 1 is 1.44 bits per heavy atom. The third-order valence-corrected chi connectivity index (χ3v) is 3.62. The Morgan fingerprint density at radius 3 is 2.44 bits per heavy atom. The predicted molar refractivity (Wildman–Crippen MR) is 62.9 cm³/mol. The Bertz CT molecular complexity index is 407. The highest BCUT2D eigenvalue weighted by atomic mass is 32.1. The van der Waals surface area contributed by atoms with Gasteiger partial charge in [-0.25, -0.2) is 13.8 Å². The zero-order chi connectivity index (χ0) is 13.6. The molecule has 1 aliphatic rings. The van der Waals surface area contributed by atoms with Gasteiger partial charge in [0.25, 0.3) is 5.92 Å². The minimum Gasteiger partial charge on any atom is -0.348 e. The second-order valence-corrected chi connectivity index (χ2v) is 4.74. The Balaban J connectivity index is 0.000000492. The molecule has 0 unspecified atom stereocenters. The van der Waals surface area contributed by atoms with Gasteiger partial charge in [-0.15, -0.1) is 11.3 Å². The maximum atomic E-state index is 12.9. The summed E-state index contributed by atoms with van der Waals surface area (Å²) in [6.07, 6.45) is 1.06. The number of alkyl halides is 2. The van der Waals surface area contributed by atoms with Gasteiger partial charge in [0.15, 0.2) is 5.13 Å². The van der Waals surface area contributed by atoms with Crippen molar-refractivity contribution >= 4 is 22.6 Å². The lowest BCUT2D eigenvalue weighted by Gasteiger charge is -2.31. The monoisotopic (exact) mass is 276 g/mol. The lowest BCUT2D eigenvalue weighted by atomic mass is 10.1. The van der Waals surface area contributed by atoms with E-state index >= 15 is 0 Å². The van der Waals surface area contributed by atoms with Crippen molar-refractivity contribution in [1.29, 1.82) is 0 Å². The van der Waals surface area contributed by atoms with Crippen molar-refractivity contribution in [2.75, 3.05) is 18.0 Å². The van der Waals surface area contributed by atoms with Crippen molar-refractivity contribution in [3.63, 3.8) is 0 Å². The Labute approximate surface area is 108 Å². The Hall–Kier alpha value is -1.33. The number of anilines is 1. The largest absolute Gasteiger partial charge is 0.373 e. The molecular weight excluding hydrogens is 262 g/mol. The first-order valence-electron chi connectivity index (χ1n) is 5.59. The van der Waals surface area contributed by atoms with Crippen LogP contribution >= 0.6 is 11.3 Å². The highest BCUT2D eigenvalue weighted by Gasteiger charge is 2.34. The highest BCUT2D eigenvalue weighted by Crippen LogP contribution is 2.31. The van der Waals surface area contributed by atoms with E-state index in [0.29, 0.717) is 13.1 Å². The maximum Gasteiger partial charge on any atom is 0.373 e. The summed E-state index contributed by atoms with van der Waals surface area (Å²) in [5.74, 6) is -2.47. The van der Waals surface area contributed by atoms with E-state index in [4.69, 9.17) is 9.59 Å². The number of rotatable bonds is 2. The molecule has 0 radical (unpaired) electrons. The van der Waals surface area contributed by atoms with Crippen molar-refractivity contribution < 1.29 is 18.4 Å². The fraction of sp³-hybridized carbons (Fsp3) is 0.636. The molecule has 1 fully saturated rings.